The summed E-state index contributed by atoms with van der Waals surface area (Å²) >= 11 is 1.75. The van der Waals surface area contributed by atoms with Crippen molar-refractivity contribution < 1.29 is 0 Å². The summed E-state index contributed by atoms with van der Waals surface area (Å²) in [5.41, 5.74) is 3.71. The van der Waals surface area contributed by atoms with Crippen molar-refractivity contribution in [2.45, 2.75) is 45.2 Å². The third kappa shape index (κ3) is 3.23. The molecule has 1 saturated carbocycles. The summed E-state index contributed by atoms with van der Waals surface area (Å²) in [6.45, 7) is 5.36. The average molecular weight is 272 g/mol. The molecule has 2 nitrogen and oxygen atoms in total. The fraction of sp³-hybridized carbons (Fsp3) is 0.438. The van der Waals surface area contributed by atoms with Crippen molar-refractivity contribution in [3.05, 3.63) is 40.2 Å². The van der Waals surface area contributed by atoms with E-state index in [4.69, 9.17) is 4.98 Å². The van der Waals surface area contributed by atoms with Gasteiger partial charge in [0, 0.05) is 23.5 Å². The Hall–Kier alpha value is -1.19. The summed E-state index contributed by atoms with van der Waals surface area (Å²) in [7, 11) is 0. The summed E-state index contributed by atoms with van der Waals surface area (Å²) in [5, 5.41) is 6.86. The SMILES string of the molecule is CC(C)c1ccc(-c2csc(CNC3CC3)n2)cc1. The third-order valence-electron chi connectivity index (χ3n) is 3.54. The van der Waals surface area contributed by atoms with Gasteiger partial charge in [-0.1, -0.05) is 38.1 Å². The summed E-state index contributed by atoms with van der Waals surface area (Å²) in [6.07, 6.45) is 2.66. The number of rotatable bonds is 5. The van der Waals surface area contributed by atoms with Crippen LogP contribution in [0.15, 0.2) is 29.6 Å². The van der Waals surface area contributed by atoms with Gasteiger partial charge in [-0.05, 0) is 24.3 Å². The maximum Gasteiger partial charge on any atom is 0.107 e. The van der Waals surface area contributed by atoms with E-state index in [1.807, 2.05) is 0 Å². The molecule has 3 heteroatoms. The van der Waals surface area contributed by atoms with E-state index in [-0.39, 0.29) is 0 Å². The predicted molar refractivity (Wildman–Crippen MR) is 81.5 cm³/mol. The van der Waals surface area contributed by atoms with E-state index < -0.39 is 0 Å². The average Bonchev–Trinajstić information content (AvgIpc) is 3.13. The highest BCUT2D eigenvalue weighted by Crippen LogP contribution is 2.25. The molecule has 1 aliphatic carbocycles. The van der Waals surface area contributed by atoms with Crippen LogP contribution < -0.4 is 5.32 Å². The molecule has 19 heavy (non-hydrogen) atoms. The van der Waals surface area contributed by atoms with Crippen molar-refractivity contribution in [2.24, 2.45) is 0 Å². The van der Waals surface area contributed by atoms with Gasteiger partial charge in [-0.3, -0.25) is 0 Å². The van der Waals surface area contributed by atoms with Crippen LogP contribution in [0.5, 0.6) is 0 Å². The fourth-order valence-corrected chi connectivity index (χ4v) is 2.84. The molecule has 1 aliphatic rings. The molecule has 0 amide bonds. The highest BCUT2D eigenvalue weighted by Gasteiger charge is 2.20. The Labute approximate surface area is 118 Å². The molecule has 0 unspecified atom stereocenters. The fourth-order valence-electron chi connectivity index (χ4n) is 2.08. The summed E-state index contributed by atoms with van der Waals surface area (Å²) in [5.74, 6) is 0.586. The van der Waals surface area contributed by atoms with Crippen LogP contribution >= 0.6 is 11.3 Å². The van der Waals surface area contributed by atoms with Gasteiger partial charge in [0.15, 0.2) is 0 Å². The van der Waals surface area contributed by atoms with Crippen molar-refractivity contribution in [1.29, 1.82) is 0 Å². The van der Waals surface area contributed by atoms with Gasteiger partial charge in [0.1, 0.15) is 5.01 Å². The van der Waals surface area contributed by atoms with Crippen LogP contribution in [0.3, 0.4) is 0 Å². The Kier molecular flexibility index (Phi) is 3.67. The Morgan fingerprint density at radius 2 is 2.00 bits per heavy atom. The van der Waals surface area contributed by atoms with Crippen LogP contribution in [-0.2, 0) is 6.54 Å². The lowest BCUT2D eigenvalue weighted by Gasteiger charge is -2.05. The zero-order valence-electron chi connectivity index (χ0n) is 11.5. The Morgan fingerprint density at radius 1 is 1.26 bits per heavy atom. The molecule has 0 aliphatic heterocycles. The molecule has 0 spiro atoms. The summed E-state index contributed by atoms with van der Waals surface area (Å²) in [6, 6.07) is 9.53. The number of thiazole rings is 1. The third-order valence-corrected chi connectivity index (χ3v) is 4.39. The van der Waals surface area contributed by atoms with Gasteiger partial charge < -0.3 is 5.32 Å². The van der Waals surface area contributed by atoms with Crippen molar-refractivity contribution in [3.63, 3.8) is 0 Å². The van der Waals surface area contributed by atoms with E-state index >= 15 is 0 Å². The molecular formula is C16H20N2S. The quantitative estimate of drug-likeness (QED) is 0.883. The Morgan fingerprint density at radius 3 is 2.63 bits per heavy atom. The molecule has 1 fully saturated rings. The minimum atomic E-state index is 0.586. The zero-order chi connectivity index (χ0) is 13.2. The largest absolute Gasteiger partial charge is 0.308 e. The van der Waals surface area contributed by atoms with Crippen molar-refractivity contribution in [3.8, 4) is 11.3 Å². The zero-order valence-corrected chi connectivity index (χ0v) is 12.3. The molecule has 2 aromatic rings. The van der Waals surface area contributed by atoms with E-state index in [2.05, 4.69) is 48.8 Å². The number of aromatic nitrogens is 1. The molecule has 0 atom stereocenters. The van der Waals surface area contributed by atoms with Crippen molar-refractivity contribution >= 4 is 11.3 Å². The Bertz CT molecular complexity index is 538. The van der Waals surface area contributed by atoms with Gasteiger partial charge in [0.25, 0.3) is 0 Å². The van der Waals surface area contributed by atoms with Gasteiger partial charge in [0.05, 0.1) is 5.69 Å². The van der Waals surface area contributed by atoms with Gasteiger partial charge in [0.2, 0.25) is 0 Å². The standard InChI is InChI=1S/C16H20N2S/c1-11(2)12-3-5-13(6-4-12)15-10-19-16(18-15)9-17-14-7-8-14/h3-6,10-11,14,17H,7-9H2,1-2H3. The number of benzene rings is 1. The maximum absolute atomic E-state index is 4.71. The van der Waals surface area contributed by atoms with Gasteiger partial charge in [-0.2, -0.15) is 0 Å². The van der Waals surface area contributed by atoms with Crippen LogP contribution in [0, 0.1) is 0 Å². The number of hydrogen-bond acceptors (Lipinski definition) is 3. The smallest absolute Gasteiger partial charge is 0.107 e. The monoisotopic (exact) mass is 272 g/mol. The van der Waals surface area contributed by atoms with E-state index in [1.54, 1.807) is 11.3 Å². The number of hydrogen-bond donors (Lipinski definition) is 1. The topological polar surface area (TPSA) is 24.9 Å². The Balaban J connectivity index is 1.70. The number of nitrogens with one attached hydrogen (secondary N) is 1. The molecule has 3 rings (SSSR count). The van der Waals surface area contributed by atoms with Gasteiger partial charge >= 0.3 is 0 Å². The predicted octanol–water partition coefficient (Wildman–Crippen LogP) is 4.19. The summed E-state index contributed by atoms with van der Waals surface area (Å²) in [4.78, 5) is 4.71. The first-order valence-corrected chi connectivity index (χ1v) is 7.88. The first-order chi connectivity index (χ1) is 9.22. The molecule has 100 valence electrons. The highest BCUT2D eigenvalue weighted by molar-refractivity contribution is 7.09. The minimum absolute atomic E-state index is 0.586. The second kappa shape index (κ2) is 5.43. The van der Waals surface area contributed by atoms with E-state index in [9.17, 15) is 0 Å². The molecule has 1 aromatic heterocycles. The lowest BCUT2D eigenvalue weighted by Crippen LogP contribution is -2.14. The minimum Gasteiger partial charge on any atom is -0.308 e. The molecule has 1 heterocycles. The van der Waals surface area contributed by atoms with Gasteiger partial charge in [-0.25, -0.2) is 4.98 Å². The number of nitrogens with zero attached hydrogens (tertiary/aromatic N) is 1. The van der Waals surface area contributed by atoms with Crippen LogP contribution in [-0.4, -0.2) is 11.0 Å². The first kappa shape index (κ1) is 12.8. The van der Waals surface area contributed by atoms with E-state index in [0.29, 0.717) is 5.92 Å². The molecule has 1 aromatic carbocycles. The van der Waals surface area contributed by atoms with Crippen LogP contribution in [0.1, 0.15) is 43.2 Å². The van der Waals surface area contributed by atoms with Crippen molar-refractivity contribution in [2.75, 3.05) is 0 Å². The molecule has 0 radical (unpaired) electrons. The molecule has 0 bridgehead atoms. The second-order valence-corrected chi connectivity index (χ2v) is 6.50. The normalized spacial score (nSPS) is 15.1. The van der Waals surface area contributed by atoms with E-state index in [1.165, 1.54) is 29.0 Å². The van der Waals surface area contributed by atoms with Crippen LogP contribution in [0.2, 0.25) is 0 Å². The highest BCUT2D eigenvalue weighted by atomic mass is 32.1. The molecular weight excluding hydrogens is 252 g/mol. The second-order valence-electron chi connectivity index (χ2n) is 5.56. The lowest BCUT2D eigenvalue weighted by molar-refractivity contribution is 0.685. The first-order valence-electron chi connectivity index (χ1n) is 7.00. The molecule has 0 saturated heterocycles. The van der Waals surface area contributed by atoms with E-state index in [0.717, 1.165) is 18.3 Å². The van der Waals surface area contributed by atoms with Crippen molar-refractivity contribution in [1.82, 2.24) is 10.3 Å². The lowest BCUT2D eigenvalue weighted by atomic mass is 10.0. The molecule has 1 N–H and O–H groups in total. The maximum atomic E-state index is 4.71. The van der Waals surface area contributed by atoms with Crippen LogP contribution in [0.25, 0.3) is 11.3 Å². The van der Waals surface area contributed by atoms with Gasteiger partial charge in [-0.15, -0.1) is 11.3 Å². The van der Waals surface area contributed by atoms with Crippen LogP contribution in [0.4, 0.5) is 0 Å². The summed E-state index contributed by atoms with van der Waals surface area (Å²) < 4.78 is 0.